The Hall–Kier alpha value is -2.08. The molecular formula is C17H25N5O. The number of hydrogen-bond donors (Lipinski definition) is 2. The van der Waals surface area contributed by atoms with Crippen molar-refractivity contribution in [2.24, 2.45) is 12.5 Å². The highest BCUT2D eigenvalue weighted by atomic mass is 16.1. The molecule has 6 nitrogen and oxygen atoms in total. The van der Waals surface area contributed by atoms with E-state index in [9.17, 15) is 4.79 Å². The van der Waals surface area contributed by atoms with E-state index in [0.717, 1.165) is 17.5 Å². The van der Waals surface area contributed by atoms with Crippen molar-refractivity contribution < 1.29 is 4.79 Å². The first-order valence-electron chi connectivity index (χ1n) is 7.93. The maximum Gasteiger partial charge on any atom is 0.253 e. The van der Waals surface area contributed by atoms with Crippen LogP contribution in [0.4, 0.5) is 0 Å². The highest BCUT2D eigenvalue weighted by molar-refractivity contribution is 6.00. The summed E-state index contributed by atoms with van der Waals surface area (Å²) in [6.45, 7) is 4.43. The summed E-state index contributed by atoms with van der Waals surface area (Å²) in [7, 11) is 6.06. The monoisotopic (exact) mass is 315 g/mol. The second-order valence-corrected chi connectivity index (χ2v) is 7.25. The number of H-pyrrole nitrogens is 1. The maximum absolute atomic E-state index is 12.7. The number of nitrogens with zero attached hydrogens (tertiary/aromatic N) is 3. The van der Waals surface area contributed by atoms with E-state index in [1.165, 1.54) is 0 Å². The summed E-state index contributed by atoms with van der Waals surface area (Å²) in [6.07, 6.45) is 8.27. The maximum atomic E-state index is 12.7. The van der Waals surface area contributed by atoms with Crippen LogP contribution in [0.1, 0.15) is 30.6 Å². The fourth-order valence-corrected chi connectivity index (χ4v) is 3.61. The molecule has 2 atom stereocenters. The van der Waals surface area contributed by atoms with E-state index in [4.69, 9.17) is 0 Å². The van der Waals surface area contributed by atoms with E-state index in [2.05, 4.69) is 48.2 Å². The predicted octanol–water partition coefficient (Wildman–Crippen LogP) is 1.87. The number of nitrogens with one attached hydrogen (secondary N) is 2. The molecule has 0 saturated heterocycles. The molecule has 6 heteroatoms. The molecule has 2 unspecified atom stereocenters. The van der Waals surface area contributed by atoms with E-state index >= 15 is 0 Å². The average molecular weight is 315 g/mol. The minimum absolute atomic E-state index is 0.0274. The van der Waals surface area contributed by atoms with Crippen molar-refractivity contribution >= 4 is 5.91 Å². The van der Waals surface area contributed by atoms with Gasteiger partial charge in [0.05, 0.1) is 11.8 Å². The Kier molecular flexibility index (Phi) is 3.80. The van der Waals surface area contributed by atoms with Crippen LogP contribution in [0, 0.1) is 5.41 Å². The summed E-state index contributed by atoms with van der Waals surface area (Å²) in [5.74, 6) is -0.0274. The molecule has 1 fully saturated rings. The highest BCUT2D eigenvalue weighted by Crippen LogP contribution is 2.43. The first-order valence-corrected chi connectivity index (χ1v) is 7.93. The number of aryl methyl sites for hydroxylation is 1. The number of aromatic nitrogens is 3. The van der Waals surface area contributed by atoms with Crippen LogP contribution in [0.25, 0.3) is 11.1 Å². The van der Waals surface area contributed by atoms with E-state index < -0.39 is 0 Å². The van der Waals surface area contributed by atoms with E-state index in [1.807, 2.05) is 19.4 Å². The molecule has 0 radical (unpaired) electrons. The number of amides is 1. The molecular weight excluding hydrogens is 290 g/mol. The van der Waals surface area contributed by atoms with Gasteiger partial charge in [-0.3, -0.25) is 9.48 Å². The zero-order valence-corrected chi connectivity index (χ0v) is 14.4. The second-order valence-electron chi connectivity index (χ2n) is 7.25. The zero-order valence-electron chi connectivity index (χ0n) is 14.4. The Morgan fingerprint density at radius 2 is 2.17 bits per heavy atom. The summed E-state index contributed by atoms with van der Waals surface area (Å²) in [4.78, 5) is 18.0. The van der Waals surface area contributed by atoms with Crippen LogP contribution in [0.3, 0.4) is 0 Å². The minimum Gasteiger partial charge on any atom is -0.366 e. The van der Waals surface area contributed by atoms with Crippen molar-refractivity contribution in [3.05, 3.63) is 30.4 Å². The molecule has 3 rings (SSSR count). The lowest BCUT2D eigenvalue weighted by atomic mass is 9.62. The Morgan fingerprint density at radius 3 is 2.74 bits per heavy atom. The van der Waals surface area contributed by atoms with Gasteiger partial charge in [-0.05, 0) is 20.5 Å². The number of rotatable bonds is 4. The fourth-order valence-electron chi connectivity index (χ4n) is 3.61. The molecule has 0 aromatic carbocycles. The quantitative estimate of drug-likeness (QED) is 0.905. The number of carbonyl (C=O) groups excluding carboxylic acids is 1. The van der Waals surface area contributed by atoms with Gasteiger partial charge in [-0.15, -0.1) is 0 Å². The number of hydrogen-bond acceptors (Lipinski definition) is 3. The molecule has 2 aromatic rings. The smallest absolute Gasteiger partial charge is 0.253 e. The molecule has 1 saturated carbocycles. The van der Waals surface area contributed by atoms with E-state index in [0.29, 0.717) is 11.6 Å². The Morgan fingerprint density at radius 1 is 1.43 bits per heavy atom. The lowest BCUT2D eigenvalue weighted by molar-refractivity contribution is -0.0106. The average Bonchev–Trinajstić information content (AvgIpc) is 3.10. The van der Waals surface area contributed by atoms with Gasteiger partial charge < -0.3 is 15.2 Å². The van der Waals surface area contributed by atoms with Crippen molar-refractivity contribution in [2.45, 2.75) is 32.4 Å². The molecule has 0 bridgehead atoms. The van der Waals surface area contributed by atoms with Gasteiger partial charge in [0, 0.05) is 54.3 Å². The fraction of sp³-hybridized carbons (Fsp3) is 0.529. The lowest BCUT2D eigenvalue weighted by Gasteiger charge is -2.55. The van der Waals surface area contributed by atoms with Crippen molar-refractivity contribution in [1.29, 1.82) is 0 Å². The Bertz CT molecular complexity index is 712. The van der Waals surface area contributed by atoms with Crippen LogP contribution in [0.5, 0.6) is 0 Å². The Balaban J connectivity index is 1.75. The van der Waals surface area contributed by atoms with Crippen molar-refractivity contribution in [3.8, 4) is 11.1 Å². The van der Waals surface area contributed by atoms with Crippen molar-refractivity contribution in [3.63, 3.8) is 0 Å². The van der Waals surface area contributed by atoms with E-state index in [-0.39, 0.29) is 17.4 Å². The SMILES string of the molecule is CN(C)C1CC(NC(=O)c2c[nH]cc2-c2cnn(C)c2)C1(C)C. The van der Waals surface area contributed by atoms with Gasteiger partial charge in [0.2, 0.25) is 0 Å². The first-order chi connectivity index (χ1) is 10.8. The third kappa shape index (κ3) is 2.67. The summed E-state index contributed by atoms with van der Waals surface area (Å²) >= 11 is 0. The summed E-state index contributed by atoms with van der Waals surface area (Å²) < 4.78 is 1.74. The summed E-state index contributed by atoms with van der Waals surface area (Å²) in [6, 6.07) is 0.691. The number of carbonyl (C=O) groups is 1. The van der Waals surface area contributed by atoms with Gasteiger partial charge in [0.25, 0.3) is 5.91 Å². The van der Waals surface area contributed by atoms with Crippen LogP contribution in [0.2, 0.25) is 0 Å². The molecule has 2 aromatic heterocycles. The van der Waals surface area contributed by atoms with Gasteiger partial charge in [-0.25, -0.2) is 0 Å². The van der Waals surface area contributed by atoms with Gasteiger partial charge >= 0.3 is 0 Å². The van der Waals surface area contributed by atoms with Gasteiger partial charge in [0.1, 0.15) is 0 Å². The first kappa shape index (κ1) is 15.8. The zero-order chi connectivity index (χ0) is 16.8. The lowest BCUT2D eigenvalue weighted by Crippen LogP contribution is -2.65. The van der Waals surface area contributed by atoms with Crippen LogP contribution < -0.4 is 5.32 Å². The molecule has 1 amide bonds. The molecule has 1 aliphatic rings. The molecule has 0 aliphatic heterocycles. The van der Waals surface area contributed by atoms with Crippen LogP contribution >= 0.6 is 0 Å². The Labute approximate surface area is 136 Å². The molecule has 23 heavy (non-hydrogen) atoms. The molecule has 2 heterocycles. The third-order valence-corrected chi connectivity index (χ3v) is 5.15. The minimum atomic E-state index is -0.0274. The molecule has 0 spiro atoms. The van der Waals surface area contributed by atoms with Crippen molar-refractivity contribution in [1.82, 2.24) is 25.0 Å². The second kappa shape index (κ2) is 5.53. The third-order valence-electron chi connectivity index (χ3n) is 5.15. The molecule has 124 valence electrons. The number of aromatic amines is 1. The van der Waals surface area contributed by atoms with Crippen LogP contribution in [-0.2, 0) is 7.05 Å². The van der Waals surface area contributed by atoms with E-state index in [1.54, 1.807) is 17.1 Å². The molecule has 1 aliphatic carbocycles. The summed E-state index contributed by atoms with van der Waals surface area (Å²) in [5.41, 5.74) is 2.57. The van der Waals surface area contributed by atoms with Crippen LogP contribution in [-0.4, -0.2) is 51.8 Å². The van der Waals surface area contributed by atoms with Gasteiger partial charge in [-0.1, -0.05) is 13.8 Å². The normalized spacial score (nSPS) is 22.9. The standard InChI is InChI=1S/C17H25N5O/c1-17(2)14(6-15(17)21(3)4)20-16(23)13-9-18-8-12(13)11-7-19-22(5)10-11/h7-10,14-15,18H,6H2,1-5H3,(H,20,23). The van der Waals surface area contributed by atoms with Crippen molar-refractivity contribution in [2.75, 3.05) is 14.1 Å². The molecule has 2 N–H and O–H groups in total. The predicted molar refractivity (Wildman–Crippen MR) is 90.1 cm³/mol. The van der Waals surface area contributed by atoms with Gasteiger partial charge in [0.15, 0.2) is 0 Å². The van der Waals surface area contributed by atoms with Crippen LogP contribution in [0.15, 0.2) is 24.8 Å². The highest BCUT2D eigenvalue weighted by Gasteiger charge is 2.49. The topological polar surface area (TPSA) is 66.0 Å². The summed E-state index contributed by atoms with van der Waals surface area (Å²) in [5, 5.41) is 7.38. The largest absolute Gasteiger partial charge is 0.366 e. The van der Waals surface area contributed by atoms with Gasteiger partial charge in [-0.2, -0.15) is 5.10 Å².